The monoisotopic (exact) mass is 219 g/mol. The van der Waals surface area contributed by atoms with E-state index in [-0.39, 0.29) is 0 Å². The van der Waals surface area contributed by atoms with Gasteiger partial charge in [-0.1, -0.05) is 33.1 Å². The van der Waals surface area contributed by atoms with Gasteiger partial charge in [-0.2, -0.15) is 0 Å². The number of nitrogens with zero attached hydrogens (tertiary/aromatic N) is 1. The Morgan fingerprint density at radius 2 is 1.86 bits per heavy atom. The summed E-state index contributed by atoms with van der Waals surface area (Å²) < 4.78 is 1.46. The number of hydrogen-bond donors (Lipinski definition) is 1. The fourth-order valence-electron chi connectivity index (χ4n) is 1.04. The van der Waals surface area contributed by atoms with Crippen molar-refractivity contribution in [2.45, 2.75) is 46.0 Å². The summed E-state index contributed by atoms with van der Waals surface area (Å²) in [6.07, 6.45) is 4.67. The van der Waals surface area contributed by atoms with E-state index in [0.29, 0.717) is 6.54 Å². The molecule has 84 valence electrons. The largest absolute Gasteiger partial charge is 0.464 e. The van der Waals surface area contributed by atoms with E-state index in [1.165, 1.54) is 29.1 Å². The number of carbonyl (C=O) groups is 1. The number of carboxylic acid groups (broad SMARTS) is 1. The van der Waals surface area contributed by atoms with Gasteiger partial charge < -0.3 is 5.11 Å². The first-order valence-electron chi connectivity index (χ1n) is 5.35. The van der Waals surface area contributed by atoms with Crippen LogP contribution in [0.2, 0.25) is 0 Å². The summed E-state index contributed by atoms with van der Waals surface area (Å²) in [7, 11) is 0. The number of unbranched alkanes of at least 4 members (excludes halogenated alkanes) is 3. The van der Waals surface area contributed by atoms with E-state index in [4.69, 9.17) is 5.11 Å². The fraction of sp³-hybridized carbons (Fsp3) is 0.900. The predicted molar refractivity (Wildman–Crippen MR) is 61.6 cm³/mol. The van der Waals surface area contributed by atoms with Gasteiger partial charge in [-0.3, -0.25) is 4.31 Å². The molecule has 0 fully saturated rings. The van der Waals surface area contributed by atoms with E-state index in [0.717, 1.165) is 25.0 Å². The minimum atomic E-state index is -0.806. The second-order valence-electron chi connectivity index (χ2n) is 3.28. The smallest absolute Gasteiger partial charge is 0.417 e. The highest BCUT2D eigenvalue weighted by Crippen LogP contribution is 2.14. The lowest BCUT2D eigenvalue weighted by Gasteiger charge is -2.16. The van der Waals surface area contributed by atoms with Gasteiger partial charge in [-0.05, 0) is 24.8 Å². The Hall–Kier alpha value is -0.380. The van der Waals surface area contributed by atoms with Gasteiger partial charge in [-0.25, -0.2) is 4.79 Å². The zero-order chi connectivity index (χ0) is 10.8. The van der Waals surface area contributed by atoms with Gasteiger partial charge in [-0.15, -0.1) is 0 Å². The molecule has 4 heteroatoms. The highest BCUT2D eigenvalue weighted by Gasteiger charge is 2.10. The molecule has 0 aromatic carbocycles. The molecule has 0 aromatic rings. The highest BCUT2D eigenvalue weighted by atomic mass is 32.2. The van der Waals surface area contributed by atoms with Gasteiger partial charge in [0.25, 0.3) is 0 Å². The zero-order valence-corrected chi connectivity index (χ0v) is 9.98. The first-order chi connectivity index (χ1) is 6.72. The number of rotatable bonds is 8. The average Bonchev–Trinajstić information content (AvgIpc) is 2.16. The molecule has 0 atom stereocenters. The van der Waals surface area contributed by atoms with Crippen molar-refractivity contribution in [1.82, 2.24) is 4.31 Å². The van der Waals surface area contributed by atoms with Crippen molar-refractivity contribution in [3.05, 3.63) is 0 Å². The van der Waals surface area contributed by atoms with Crippen LogP contribution in [0.1, 0.15) is 46.0 Å². The fourth-order valence-corrected chi connectivity index (χ4v) is 1.97. The van der Waals surface area contributed by atoms with Gasteiger partial charge >= 0.3 is 6.09 Å². The zero-order valence-electron chi connectivity index (χ0n) is 9.16. The molecular weight excluding hydrogens is 198 g/mol. The van der Waals surface area contributed by atoms with Crippen LogP contribution in [0.25, 0.3) is 0 Å². The van der Waals surface area contributed by atoms with Gasteiger partial charge in [0.05, 0.1) is 0 Å². The minimum absolute atomic E-state index is 0.655. The summed E-state index contributed by atoms with van der Waals surface area (Å²) >= 11 is 1.44. The molecule has 0 spiro atoms. The molecule has 1 amide bonds. The van der Waals surface area contributed by atoms with Crippen LogP contribution in [-0.2, 0) is 0 Å². The standard InChI is InChI=1S/C10H21NO2S/c1-3-5-7-9-14-11(10(12)13)8-6-4-2/h3-9H2,1-2H3,(H,12,13). The van der Waals surface area contributed by atoms with Crippen LogP contribution in [0.3, 0.4) is 0 Å². The van der Waals surface area contributed by atoms with E-state index >= 15 is 0 Å². The molecule has 0 aliphatic heterocycles. The molecule has 0 aliphatic carbocycles. The predicted octanol–water partition coefficient (Wildman–Crippen LogP) is 3.60. The van der Waals surface area contributed by atoms with Crippen molar-refractivity contribution >= 4 is 18.0 Å². The maximum atomic E-state index is 10.8. The van der Waals surface area contributed by atoms with Gasteiger partial charge in [0.15, 0.2) is 0 Å². The molecule has 14 heavy (non-hydrogen) atoms. The van der Waals surface area contributed by atoms with Gasteiger partial charge in [0, 0.05) is 12.3 Å². The molecule has 3 nitrogen and oxygen atoms in total. The van der Waals surface area contributed by atoms with Crippen LogP contribution >= 0.6 is 11.9 Å². The summed E-state index contributed by atoms with van der Waals surface area (Å²) in [5.41, 5.74) is 0. The lowest BCUT2D eigenvalue weighted by Crippen LogP contribution is -2.23. The lowest BCUT2D eigenvalue weighted by molar-refractivity contribution is 0.175. The van der Waals surface area contributed by atoms with Gasteiger partial charge in [0.2, 0.25) is 0 Å². The molecule has 0 aromatic heterocycles. The highest BCUT2D eigenvalue weighted by molar-refractivity contribution is 7.97. The van der Waals surface area contributed by atoms with E-state index in [1.54, 1.807) is 0 Å². The first-order valence-corrected chi connectivity index (χ1v) is 6.30. The minimum Gasteiger partial charge on any atom is -0.464 e. The van der Waals surface area contributed by atoms with Crippen LogP contribution in [0.4, 0.5) is 4.79 Å². The molecule has 0 saturated carbocycles. The summed E-state index contributed by atoms with van der Waals surface area (Å²) in [6, 6.07) is 0. The second kappa shape index (κ2) is 9.19. The van der Waals surface area contributed by atoms with Crippen LogP contribution in [0, 0.1) is 0 Å². The van der Waals surface area contributed by atoms with Gasteiger partial charge in [0.1, 0.15) is 0 Å². The summed E-state index contributed by atoms with van der Waals surface area (Å²) in [6.45, 7) is 4.88. The Labute approximate surface area is 91.0 Å². The van der Waals surface area contributed by atoms with E-state index in [2.05, 4.69) is 13.8 Å². The third kappa shape index (κ3) is 7.06. The van der Waals surface area contributed by atoms with E-state index in [9.17, 15) is 4.79 Å². The van der Waals surface area contributed by atoms with Crippen molar-refractivity contribution in [3.63, 3.8) is 0 Å². The molecule has 1 N–H and O–H groups in total. The van der Waals surface area contributed by atoms with Crippen LogP contribution in [0.5, 0.6) is 0 Å². The van der Waals surface area contributed by atoms with Crippen molar-refractivity contribution in [1.29, 1.82) is 0 Å². The summed E-state index contributed by atoms with van der Waals surface area (Å²) in [4.78, 5) is 10.8. The van der Waals surface area contributed by atoms with Crippen LogP contribution < -0.4 is 0 Å². The Morgan fingerprint density at radius 1 is 1.21 bits per heavy atom. The summed E-state index contributed by atoms with van der Waals surface area (Å²) in [5.74, 6) is 0.920. The SMILES string of the molecule is CCCCCSN(CCCC)C(=O)O. The molecular formula is C10H21NO2S. The van der Waals surface area contributed by atoms with Crippen LogP contribution in [0.15, 0.2) is 0 Å². The van der Waals surface area contributed by atoms with E-state index < -0.39 is 6.09 Å². The number of hydrogen-bond acceptors (Lipinski definition) is 2. The van der Waals surface area contributed by atoms with E-state index in [1.807, 2.05) is 0 Å². The second-order valence-corrected chi connectivity index (χ2v) is 4.39. The van der Waals surface area contributed by atoms with Crippen molar-refractivity contribution < 1.29 is 9.90 Å². The van der Waals surface area contributed by atoms with Crippen molar-refractivity contribution in [3.8, 4) is 0 Å². The molecule has 0 unspecified atom stereocenters. The first kappa shape index (κ1) is 13.6. The lowest BCUT2D eigenvalue weighted by atomic mass is 10.3. The summed E-state index contributed by atoms with van der Waals surface area (Å²) in [5, 5.41) is 8.86. The molecule has 0 radical (unpaired) electrons. The Kier molecular flexibility index (Phi) is 8.94. The molecule has 0 aliphatic rings. The Bertz CT molecular complexity index is 153. The topological polar surface area (TPSA) is 40.5 Å². The van der Waals surface area contributed by atoms with Crippen LogP contribution in [-0.4, -0.2) is 27.8 Å². The maximum Gasteiger partial charge on any atom is 0.417 e. The quantitative estimate of drug-likeness (QED) is 0.501. The molecule has 0 saturated heterocycles. The Morgan fingerprint density at radius 3 is 2.36 bits per heavy atom. The third-order valence-corrected chi connectivity index (χ3v) is 3.04. The maximum absolute atomic E-state index is 10.8. The normalized spacial score (nSPS) is 10.1. The number of amides is 1. The molecule has 0 heterocycles. The molecule has 0 rings (SSSR count). The third-order valence-electron chi connectivity index (χ3n) is 1.92. The van der Waals surface area contributed by atoms with Crippen molar-refractivity contribution in [2.24, 2.45) is 0 Å². The average molecular weight is 219 g/mol. The van der Waals surface area contributed by atoms with Crippen molar-refractivity contribution in [2.75, 3.05) is 12.3 Å². The Balaban J connectivity index is 3.57. The molecule has 0 bridgehead atoms.